The van der Waals surface area contributed by atoms with Gasteiger partial charge in [0.05, 0.1) is 12.6 Å². The lowest BCUT2D eigenvalue weighted by molar-refractivity contribution is 0.251. The lowest BCUT2D eigenvalue weighted by Gasteiger charge is -2.27. The van der Waals surface area contributed by atoms with E-state index in [1.807, 2.05) is 18.1 Å². The average molecular weight is 444 g/mol. The van der Waals surface area contributed by atoms with Crippen LogP contribution >= 0.6 is 11.8 Å². The van der Waals surface area contributed by atoms with Crippen molar-refractivity contribution in [3.8, 4) is 0 Å². The normalized spacial score (nSPS) is 15.9. The second-order valence-electron chi connectivity index (χ2n) is 7.85. The maximum Gasteiger partial charge on any atom is 0.191 e. The molecule has 0 bridgehead atoms. The van der Waals surface area contributed by atoms with Crippen molar-refractivity contribution in [2.45, 2.75) is 45.2 Å². The fraction of sp³-hybridized carbons (Fsp3) is 0.609. The van der Waals surface area contributed by atoms with Gasteiger partial charge in [-0.2, -0.15) is 11.8 Å². The zero-order valence-corrected chi connectivity index (χ0v) is 19.8. The van der Waals surface area contributed by atoms with E-state index in [4.69, 9.17) is 4.99 Å². The predicted octanol–water partition coefficient (Wildman–Crippen LogP) is 2.97. The molecule has 2 heterocycles. The molecule has 3 rings (SSSR count). The molecule has 0 saturated carbocycles. The molecule has 0 radical (unpaired) electrons. The minimum Gasteiger partial charge on any atom is -0.356 e. The minimum absolute atomic E-state index is 0.332. The first-order valence-electron chi connectivity index (χ1n) is 11.5. The summed E-state index contributed by atoms with van der Waals surface area (Å²) in [6.07, 6.45) is 8.54. The summed E-state index contributed by atoms with van der Waals surface area (Å²) in [5, 5.41) is 15.2. The first kappa shape index (κ1) is 23.6. The Bertz CT molecular complexity index is 771. The minimum atomic E-state index is 0.332. The number of hydrogen-bond donors (Lipinski definition) is 2. The Morgan fingerprint density at radius 3 is 2.68 bits per heavy atom. The molecule has 1 aromatic carbocycles. The van der Waals surface area contributed by atoms with Gasteiger partial charge in [0.25, 0.3) is 0 Å². The van der Waals surface area contributed by atoms with E-state index in [-0.39, 0.29) is 0 Å². The third-order valence-corrected chi connectivity index (χ3v) is 6.36. The molecule has 1 aliphatic rings. The van der Waals surface area contributed by atoms with Gasteiger partial charge in [-0.1, -0.05) is 37.3 Å². The molecule has 1 saturated heterocycles. The Balaban J connectivity index is 1.63. The van der Waals surface area contributed by atoms with Crippen LogP contribution < -0.4 is 10.6 Å². The molecule has 1 atom stereocenters. The number of nitrogens with one attached hydrogen (secondary N) is 2. The van der Waals surface area contributed by atoms with Crippen molar-refractivity contribution in [3.63, 3.8) is 0 Å². The third kappa shape index (κ3) is 7.54. The summed E-state index contributed by atoms with van der Waals surface area (Å²) in [6, 6.07) is 11.1. The number of benzene rings is 1. The van der Waals surface area contributed by atoms with Crippen LogP contribution in [0.1, 0.15) is 43.6 Å². The third-order valence-electron chi connectivity index (χ3n) is 5.66. The van der Waals surface area contributed by atoms with Crippen LogP contribution in [0.25, 0.3) is 0 Å². The largest absolute Gasteiger partial charge is 0.356 e. The van der Waals surface area contributed by atoms with Crippen LogP contribution in [-0.4, -0.2) is 70.4 Å². The summed E-state index contributed by atoms with van der Waals surface area (Å²) in [4.78, 5) is 7.59. The summed E-state index contributed by atoms with van der Waals surface area (Å²) in [7, 11) is 0. The molecule has 31 heavy (non-hydrogen) atoms. The van der Waals surface area contributed by atoms with Gasteiger partial charge < -0.3 is 15.2 Å². The van der Waals surface area contributed by atoms with Gasteiger partial charge in [0.1, 0.15) is 12.2 Å². The lowest BCUT2D eigenvalue weighted by Crippen LogP contribution is -2.40. The van der Waals surface area contributed by atoms with Crippen LogP contribution in [-0.2, 0) is 13.0 Å². The molecule has 8 heteroatoms. The first-order chi connectivity index (χ1) is 15.3. The highest BCUT2D eigenvalue weighted by Crippen LogP contribution is 2.25. The van der Waals surface area contributed by atoms with Crippen LogP contribution in [0.4, 0.5) is 0 Å². The van der Waals surface area contributed by atoms with Crippen molar-refractivity contribution >= 4 is 17.7 Å². The predicted molar refractivity (Wildman–Crippen MR) is 131 cm³/mol. The lowest BCUT2D eigenvalue weighted by atomic mass is 10.1. The Labute approximate surface area is 191 Å². The van der Waals surface area contributed by atoms with E-state index in [1.165, 1.54) is 18.4 Å². The van der Waals surface area contributed by atoms with E-state index in [9.17, 15) is 0 Å². The monoisotopic (exact) mass is 443 g/mol. The topological polar surface area (TPSA) is 70.4 Å². The van der Waals surface area contributed by atoms with Crippen LogP contribution in [0.15, 0.2) is 41.7 Å². The molecule has 7 nitrogen and oxygen atoms in total. The molecule has 170 valence electrons. The molecule has 1 aliphatic heterocycles. The van der Waals surface area contributed by atoms with Gasteiger partial charge in [-0.15, -0.1) is 10.2 Å². The number of aromatic nitrogens is 3. The Morgan fingerprint density at radius 2 is 1.94 bits per heavy atom. The molecule has 1 aromatic heterocycles. The fourth-order valence-corrected chi connectivity index (χ4v) is 4.40. The number of nitrogens with zero attached hydrogens (tertiary/aromatic N) is 5. The molecule has 0 spiro atoms. The molecule has 0 aliphatic carbocycles. The number of likely N-dealkylation sites (tertiary alicyclic amines) is 1. The quantitative estimate of drug-likeness (QED) is 0.299. The van der Waals surface area contributed by atoms with Gasteiger partial charge in [-0.3, -0.25) is 9.89 Å². The van der Waals surface area contributed by atoms with Gasteiger partial charge in [0.15, 0.2) is 5.96 Å². The summed E-state index contributed by atoms with van der Waals surface area (Å²) in [6.45, 7) is 7.73. The maximum atomic E-state index is 5.01. The Hall–Kier alpha value is -2.06. The fourth-order valence-electron chi connectivity index (χ4n) is 3.97. The van der Waals surface area contributed by atoms with Crippen LogP contribution in [0.5, 0.6) is 0 Å². The van der Waals surface area contributed by atoms with Crippen molar-refractivity contribution in [3.05, 3.63) is 48.0 Å². The number of rotatable bonds is 12. The zero-order chi connectivity index (χ0) is 21.7. The SMILES string of the molecule is CCc1nncn1CCNC(=NCC(c1ccccc1)N1CCCC1)NCCCSC. The zero-order valence-electron chi connectivity index (χ0n) is 19.0. The highest BCUT2D eigenvalue weighted by Gasteiger charge is 2.23. The number of hydrogen-bond acceptors (Lipinski definition) is 5. The highest BCUT2D eigenvalue weighted by molar-refractivity contribution is 7.98. The van der Waals surface area contributed by atoms with Crippen LogP contribution in [0.3, 0.4) is 0 Å². The molecule has 2 N–H and O–H groups in total. The molecule has 0 amide bonds. The van der Waals surface area contributed by atoms with E-state index < -0.39 is 0 Å². The first-order valence-corrected chi connectivity index (χ1v) is 12.9. The van der Waals surface area contributed by atoms with Crippen molar-refractivity contribution in [1.29, 1.82) is 0 Å². The van der Waals surface area contributed by atoms with Crippen molar-refractivity contribution in [2.24, 2.45) is 4.99 Å². The van der Waals surface area contributed by atoms with Crippen molar-refractivity contribution < 1.29 is 0 Å². The summed E-state index contributed by atoms with van der Waals surface area (Å²) < 4.78 is 2.11. The molecular formula is C23H37N7S. The van der Waals surface area contributed by atoms with Gasteiger partial charge in [-0.05, 0) is 49.9 Å². The van der Waals surface area contributed by atoms with E-state index in [2.05, 4.69) is 73.8 Å². The van der Waals surface area contributed by atoms with Gasteiger partial charge >= 0.3 is 0 Å². The second-order valence-corrected chi connectivity index (χ2v) is 8.84. The summed E-state index contributed by atoms with van der Waals surface area (Å²) >= 11 is 1.88. The van der Waals surface area contributed by atoms with Crippen LogP contribution in [0, 0.1) is 0 Å². The molecular weight excluding hydrogens is 406 g/mol. The molecule has 2 aromatic rings. The Kier molecular flexibility index (Phi) is 10.2. The second kappa shape index (κ2) is 13.4. The summed E-state index contributed by atoms with van der Waals surface area (Å²) in [5.74, 6) is 3.07. The number of guanidine groups is 1. The van der Waals surface area contributed by atoms with Gasteiger partial charge in [0, 0.05) is 26.1 Å². The van der Waals surface area contributed by atoms with E-state index in [1.54, 1.807) is 0 Å². The number of aryl methyl sites for hydroxylation is 1. The molecule has 1 fully saturated rings. The smallest absolute Gasteiger partial charge is 0.191 e. The van der Waals surface area contributed by atoms with Crippen molar-refractivity contribution in [1.82, 2.24) is 30.3 Å². The van der Waals surface area contributed by atoms with E-state index >= 15 is 0 Å². The highest BCUT2D eigenvalue weighted by atomic mass is 32.2. The average Bonchev–Trinajstić information content (AvgIpc) is 3.49. The standard InChI is InChI=1S/C23H37N7S/c1-3-22-28-27-19-30(22)16-13-25-23(24-12-9-17-31-2)26-18-21(29-14-7-8-15-29)20-10-5-4-6-11-20/h4-6,10-11,19,21H,3,7-9,12-18H2,1-2H3,(H2,24,25,26). The van der Waals surface area contributed by atoms with E-state index in [0.29, 0.717) is 6.04 Å². The Morgan fingerprint density at radius 1 is 1.16 bits per heavy atom. The van der Waals surface area contributed by atoms with Gasteiger partial charge in [-0.25, -0.2) is 0 Å². The van der Waals surface area contributed by atoms with Crippen LogP contribution in [0.2, 0.25) is 0 Å². The van der Waals surface area contributed by atoms with Crippen molar-refractivity contribution in [2.75, 3.05) is 44.7 Å². The van der Waals surface area contributed by atoms with E-state index in [0.717, 1.165) is 69.6 Å². The summed E-state index contributed by atoms with van der Waals surface area (Å²) in [5.41, 5.74) is 1.35. The number of thioether (sulfide) groups is 1. The van der Waals surface area contributed by atoms with Gasteiger partial charge in [0.2, 0.25) is 0 Å². The molecule has 1 unspecified atom stereocenters. The maximum absolute atomic E-state index is 5.01. The number of aliphatic imine (C=N–C) groups is 1.